The van der Waals surface area contributed by atoms with E-state index < -0.39 is 0 Å². The smallest absolute Gasteiger partial charge is 0.327 e. The molecule has 1 aliphatic carbocycles. The number of nitrogens with two attached hydrogens (primary N) is 1. The standard InChI is InChI=1S/C11H18N4O2/c1-7-13-11(17-15-7)14-10(16)8-5-3-2-4-6-9(8)12/h8-9H,2-6,12H2,1H3,(H,13,14,15,16). The molecule has 2 atom stereocenters. The van der Waals surface area contributed by atoms with Crippen molar-refractivity contribution in [2.45, 2.75) is 45.1 Å². The first-order valence-electron chi connectivity index (χ1n) is 6.03. The van der Waals surface area contributed by atoms with E-state index >= 15 is 0 Å². The van der Waals surface area contributed by atoms with Crippen LogP contribution >= 0.6 is 0 Å². The first-order chi connectivity index (χ1) is 8.16. The number of carbonyl (C=O) groups is 1. The molecule has 94 valence electrons. The third-order valence-corrected chi connectivity index (χ3v) is 3.16. The summed E-state index contributed by atoms with van der Waals surface area (Å²) in [6.07, 6.45) is 5.04. The van der Waals surface area contributed by atoms with Crippen LogP contribution in [0.5, 0.6) is 0 Å². The average Bonchev–Trinajstić information content (AvgIpc) is 2.57. The molecule has 3 N–H and O–H groups in total. The molecule has 0 aromatic carbocycles. The van der Waals surface area contributed by atoms with Gasteiger partial charge in [-0.25, -0.2) is 0 Å². The predicted octanol–water partition coefficient (Wildman–Crippen LogP) is 1.22. The molecule has 1 fully saturated rings. The number of hydrogen-bond acceptors (Lipinski definition) is 5. The van der Waals surface area contributed by atoms with Crippen LogP contribution < -0.4 is 11.1 Å². The van der Waals surface area contributed by atoms with Crippen LogP contribution in [0.2, 0.25) is 0 Å². The molecule has 1 saturated carbocycles. The Morgan fingerprint density at radius 3 is 2.88 bits per heavy atom. The minimum Gasteiger partial charge on any atom is -0.327 e. The maximum atomic E-state index is 12.0. The number of aromatic nitrogens is 2. The molecular weight excluding hydrogens is 220 g/mol. The fraction of sp³-hybridized carbons (Fsp3) is 0.727. The van der Waals surface area contributed by atoms with Crippen LogP contribution in [0.3, 0.4) is 0 Å². The van der Waals surface area contributed by atoms with Crippen molar-refractivity contribution in [1.82, 2.24) is 10.1 Å². The molecule has 2 rings (SSSR count). The van der Waals surface area contributed by atoms with E-state index in [0.29, 0.717) is 5.82 Å². The zero-order chi connectivity index (χ0) is 12.3. The largest absolute Gasteiger partial charge is 0.328 e. The third-order valence-electron chi connectivity index (χ3n) is 3.16. The van der Waals surface area contributed by atoms with E-state index in [-0.39, 0.29) is 23.9 Å². The lowest BCUT2D eigenvalue weighted by Crippen LogP contribution is -2.37. The zero-order valence-electron chi connectivity index (χ0n) is 9.98. The van der Waals surface area contributed by atoms with Crippen LogP contribution in [0.15, 0.2) is 4.52 Å². The number of amides is 1. The third kappa shape index (κ3) is 3.03. The molecule has 1 aliphatic rings. The van der Waals surface area contributed by atoms with Gasteiger partial charge in [0, 0.05) is 6.04 Å². The van der Waals surface area contributed by atoms with E-state index in [9.17, 15) is 4.79 Å². The number of nitrogens with one attached hydrogen (secondary N) is 1. The maximum Gasteiger partial charge on any atom is 0.328 e. The minimum absolute atomic E-state index is 0.0680. The van der Waals surface area contributed by atoms with Gasteiger partial charge in [0.2, 0.25) is 5.91 Å². The number of aryl methyl sites for hydroxylation is 1. The van der Waals surface area contributed by atoms with Gasteiger partial charge in [0.25, 0.3) is 0 Å². The summed E-state index contributed by atoms with van der Waals surface area (Å²) in [6, 6.07) is 0.0884. The normalized spacial score (nSPS) is 25.3. The van der Waals surface area contributed by atoms with Gasteiger partial charge in [-0.1, -0.05) is 24.4 Å². The van der Waals surface area contributed by atoms with Crippen LogP contribution in [-0.4, -0.2) is 22.1 Å². The molecule has 0 saturated heterocycles. The molecule has 1 heterocycles. The van der Waals surface area contributed by atoms with Gasteiger partial charge in [-0.3, -0.25) is 10.1 Å². The van der Waals surface area contributed by atoms with Gasteiger partial charge in [0.15, 0.2) is 5.82 Å². The second-order valence-electron chi connectivity index (χ2n) is 4.54. The van der Waals surface area contributed by atoms with E-state index in [4.69, 9.17) is 10.3 Å². The molecule has 0 bridgehead atoms. The summed E-state index contributed by atoms with van der Waals surface area (Å²) in [6.45, 7) is 1.70. The second kappa shape index (κ2) is 5.27. The van der Waals surface area contributed by atoms with Gasteiger partial charge in [-0.05, 0) is 19.8 Å². The van der Waals surface area contributed by atoms with E-state index in [1.165, 1.54) is 0 Å². The van der Waals surface area contributed by atoms with Gasteiger partial charge in [-0.15, -0.1) is 0 Å². The van der Waals surface area contributed by atoms with E-state index in [1.807, 2.05) is 0 Å². The highest BCUT2D eigenvalue weighted by molar-refractivity contribution is 5.91. The zero-order valence-corrected chi connectivity index (χ0v) is 9.98. The number of carbonyl (C=O) groups excluding carboxylic acids is 1. The van der Waals surface area contributed by atoms with Crippen LogP contribution in [0.1, 0.15) is 37.9 Å². The average molecular weight is 238 g/mol. The van der Waals surface area contributed by atoms with Gasteiger partial charge in [0.1, 0.15) is 0 Å². The van der Waals surface area contributed by atoms with E-state index in [1.54, 1.807) is 6.92 Å². The SMILES string of the molecule is Cc1noc(NC(=O)C2CCCCCC2N)n1. The van der Waals surface area contributed by atoms with Gasteiger partial charge < -0.3 is 10.3 Å². The van der Waals surface area contributed by atoms with Crippen molar-refractivity contribution in [3.05, 3.63) is 5.82 Å². The minimum atomic E-state index is -0.148. The number of hydrogen-bond donors (Lipinski definition) is 2. The van der Waals surface area contributed by atoms with Crippen LogP contribution in [-0.2, 0) is 4.79 Å². The lowest BCUT2D eigenvalue weighted by atomic mass is 9.95. The van der Waals surface area contributed by atoms with Crippen molar-refractivity contribution < 1.29 is 9.32 Å². The number of anilines is 1. The van der Waals surface area contributed by atoms with Gasteiger partial charge >= 0.3 is 6.01 Å². The first kappa shape index (κ1) is 12.0. The molecule has 2 unspecified atom stereocenters. The number of nitrogens with zero attached hydrogens (tertiary/aromatic N) is 2. The Balaban J connectivity index is 1.98. The second-order valence-corrected chi connectivity index (χ2v) is 4.54. The maximum absolute atomic E-state index is 12.0. The summed E-state index contributed by atoms with van der Waals surface area (Å²) in [4.78, 5) is 16.0. The van der Waals surface area contributed by atoms with Crippen molar-refractivity contribution >= 4 is 11.9 Å². The molecule has 0 spiro atoms. The molecule has 17 heavy (non-hydrogen) atoms. The van der Waals surface area contributed by atoms with Crippen molar-refractivity contribution in [3.8, 4) is 0 Å². The van der Waals surface area contributed by atoms with Crippen molar-refractivity contribution in [1.29, 1.82) is 0 Å². The summed E-state index contributed by atoms with van der Waals surface area (Å²) in [5, 5.41) is 6.25. The summed E-state index contributed by atoms with van der Waals surface area (Å²) >= 11 is 0. The summed E-state index contributed by atoms with van der Waals surface area (Å²) < 4.78 is 4.86. The van der Waals surface area contributed by atoms with Crippen LogP contribution in [0.25, 0.3) is 0 Å². The number of rotatable bonds is 2. The van der Waals surface area contributed by atoms with Crippen molar-refractivity contribution in [2.75, 3.05) is 5.32 Å². The lowest BCUT2D eigenvalue weighted by Gasteiger charge is -2.19. The summed E-state index contributed by atoms with van der Waals surface area (Å²) in [5.41, 5.74) is 6.01. The highest BCUT2D eigenvalue weighted by Gasteiger charge is 2.27. The molecule has 6 heteroatoms. The molecule has 1 aromatic heterocycles. The fourth-order valence-corrected chi connectivity index (χ4v) is 2.21. The lowest BCUT2D eigenvalue weighted by molar-refractivity contribution is -0.120. The van der Waals surface area contributed by atoms with E-state index in [0.717, 1.165) is 32.1 Å². The molecular formula is C11H18N4O2. The summed E-state index contributed by atoms with van der Waals surface area (Å²) in [5.74, 6) is 0.248. The van der Waals surface area contributed by atoms with Gasteiger partial charge in [-0.2, -0.15) is 4.98 Å². The summed E-state index contributed by atoms with van der Waals surface area (Å²) in [7, 11) is 0. The van der Waals surface area contributed by atoms with Crippen LogP contribution in [0, 0.1) is 12.8 Å². The molecule has 6 nitrogen and oxygen atoms in total. The Labute approximate surface area is 99.9 Å². The Morgan fingerprint density at radius 1 is 1.41 bits per heavy atom. The van der Waals surface area contributed by atoms with Gasteiger partial charge in [0.05, 0.1) is 5.92 Å². The monoisotopic (exact) mass is 238 g/mol. The highest BCUT2D eigenvalue weighted by atomic mass is 16.5. The Bertz CT molecular complexity index is 391. The molecule has 0 aliphatic heterocycles. The quantitative estimate of drug-likeness (QED) is 0.755. The predicted molar refractivity (Wildman–Crippen MR) is 62.2 cm³/mol. The van der Waals surface area contributed by atoms with Crippen molar-refractivity contribution in [3.63, 3.8) is 0 Å². The van der Waals surface area contributed by atoms with Crippen LogP contribution in [0.4, 0.5) is 6.01 Å². The van der Waals surface area contributed by atoms with Crippen molar-refractivity contribution in [2.24, 2.45) is 11.7 Å². The fourth-order valence-electron chi connectivity index (χ4n) is 2.21. The first-order valence-corrected chi connectivity index (χ1v) is 6.03. The Kier molecular flexibility index (Phi) is 3.73. The molecule has 0 radical (unpaired) electrons. The molecule has 1 aromatic rings. The Morgan fingerprint density at radius 2 is 2.18 bits per heavy atom. The topological polar surface area (TPSA) is 94.0 Å². The van der Waals surface area contributed by atoms with E-state index in [2.05, 4.69) is 15.5 Å². The highest BCUT2D eigenvalue weighted by Crippen LogP contribution is 2.23. The Hall–Kier alpha value is -1.43. The molecule has 1 amide bonds.